The molecule has 1 unspecified atom stereocenters. The predicted octanol–water partition coefficient (Wildman–Crippen LogP) is 1.02. The van der Waals surface area contributed by atoms with Gasteiger partial charge in [-0.1, -0.05) is 23.8 Å². The Kier molecular flexibility index (Phi) is 5.92. The fourth-order valence-electron chi connectivity index (χ4n) is 2.10. The first-order valence-corrected chi connectivity index (χ1v) is 8.90. The van der Waals surface area contributed by atoms with Crippen molar-refractivity contribution in [3.8, 4) is 0 Å². The Morgan fingerprint density at radius 2 is 1.95 bits per heavy atom. The molecule has 1 amide bonds. The van der Waals surface area contributed by atoms with Crippen LogP contribution in [0.25, 0.3) is 0 Å². The molecule has 0 aliphatic rings. The third-order valence-corrected chi connectivity index (χ3v) is 4.38. The molecule has 0 bridgehead atoms. The largest absolute Gasteiger partial charge is 0.340 e. The van der Waals surface area contributed by atoms with E-state index < -0.39 is 15.9 Å². The molecule has 118 valence electrons. The van der Waals surface area contributed by atoms with Crippen LogP contribution < -0.4 is 5.73 Å². The third kappa shape index (κ3) is 5.85. The van der Waals surface area contributed by atoms with Crippen LogP contribution in [0.2, 0.25) is 0 Å². The first-order chi connectivity index (χ1) is 9.60. The highest BCUT2D eigenvalue weighted by Crippen LogP contribution is 2.13. The van der Waals surface area contributed by atoms with Crippen LogP contribution in [0.3, 0.4) is 0 Å². The Labute approximate surface area is 127 Å². The van der Waals surface area contributed by atoms with Crippen molar-refractivity contribution in [1.29, 1.82) is 0 Å². The molecule has 1 atom stereocenters. The molecule has 1 aromatic carbocycles. The summed E-state index contributed by atoms with van der Waals surface area (Å²) in [4.78, 5) is 13.7. The molecule has 0 aromatic heterocycles. The topological polar surface area (TPSA) is 80.5 Å². The van der Waals surface area contributed by atoms with Crippen LogP contribution in [-0.4, -0.2) is 44.3 Å². The Balaban J connectivity index is 2.65. The molecule has 0 aliphatic carbocycles. The van der Waals surface area contributed by atoms with Gasteiger partial charge in [0.05, 0.1) is 11.8 Å². The summed E-state index contributed by atoms with van der Waals surface area (Å²) in [5, 5.41) is 0. The summed E-state index contributed by atoms with van der Waals surface area (Å²) in [6, 6.07) is 5.29. The molecule has 5 nitrogen and oxygen atoms in total. The summed E-state index contributed by atoms with van der Waals surface area (Å²) in [6.45, 7) is 4.49. The van der Waals surface area contributed by atoms with Crippen molar-refractivity contribution in [3.63, 3.8) is 0 Å². The quantitative estimate of drug-likeness (QED) is 0.850. The number of nitrogens with two attached hydrogens (primary N) is 1. The Bertz CT molecular complexity index is 611. The SMILES string of the molecule is Cc1ccc(CN(C)C(=O)C(N)CCS(C)(=O)=O)c(C)c1. The molecule has 0 fully saturated rings. The van der Waals surface area contributed by atoms with Crippen LogP contribution in [0.15, 0.2) is 18.2 Å². The molecule has 0 saturated heterocycles. The number of rotatable bonds is 6. The van der Waals surface area contributed by atoms with Gasteiger partial charge < -0.3 is 10.6 Å². The normalized spacial score (nSPS) is 13.0. The van der Waals surface area contributed by atoms with E-state index in [0.29, 0.717) is 6.54 Å². The minimum Gasteiger partial charge on any atom is -0.340 e. The van der Waals surface area contributed by atoms with Gasteiger partial charge in [-0.2, -0.15) is 0 Å². The zero-order valence-electron chi connectivity index (χ0n) is 13.1. The minimum absolute atomic E-state index is 0.0721. The van der Waals surface area contributed by atoms with E-state index in [1.807, 2.05) is 26.0 Å². The molecule has 2 N–H and O–H groups in total. The van der Waals surface area contributed by atoms with Gasteiger partial charge in [0.1, 0.15) is 9.84 Å². The monoisotopic (exact) mass is 312 g/mol. The van der Waals surface area contributed by atoms with Crippen molar-refractivity contribution in [2.24, 2.45) is 5.73 Å². The fraction of sp³-hybridized carbons (Fsp3) is 0.533. The number of sulfone groups is 1. The standard InChI is InChI=1S/C15H24N2O3S/c1-11-5-6-13(12(2)9-11)10-17(3)15(18)14(16)7-8-21(4,19)20/h5-6,9,14H,7-8,10,16H2,1-4H3. The average Bonchev–Trinajstić information content (AvgIpc) is 2.37. The summed E-state index contributed by atoms with van der Waals surface area (Å²) in [5.74, 6) is -0.310. The minimum atomic E-state index is -3.10. The van der Waals surface area contributed by atoms with E-state index in [1.165, 1.54) is 5.56 Å². The lowest BCUT2D eigenvalue weighted by Crippen LogP contribution is -2.42. The highest BCUT2D eigenvalue weighted by Gasteiger charge is 2.20. The van der Waals surface area contributed by atoms with Crippen LogP contribution in [-0.2, 0) is 21.2 Å². The average molecular weight is 312 g/mol. The molecule has 21 heavy (non-hydrogen) atoms. The fourth-order valence-corrected chi connectivity index (χ4v) is 2.79. The van der Waals surface area contributed by atoms with Crippen molar-refractivity contribution in [3.05, 3.63) is 34.9 Å². The zero-order valence-corrected chi connectivity index (χ0v) is 13.9. The first-order valence-electron chi connectivity index (χ1n) is 6.84. The van der Waals surface area contributed by atoms with Crippen LogP contribution in [0.4, 0.5) is 0 Å². The van der Waals surface area contributed by atoms with Crippen LogP contribution >= 0.6 is 0 Å². The maximum atomic E-state index is 12.1. The number of likely N-dealkylation sites (N-methyl/N-ethyl adjacent to an activating group) is 1. The van der Waals surface area contributed by atoms with Gasteiger partial charge in [-0.05, 0) is 31.4 Å². The highest BCUT2D eigenvalue weighted by atomic mass is 32.2. The smallest absolute Gasteiger partial charge is 0.239 e. The number of aryl methyl sites for hydroxylation is 2. The van der Waals surface area contributed by atoms with Gasteiger partial charge in [0.2, 0.25) is 5.91 Å². The molecule has 0 aliphatic heterocycles. The van der Waals surface area contributed by atoms with E-state index in [-0.39, 0.29) is 18.1 Å². The summed E-state index contributed by atoms with van der Waals surface area (Å²) in [7, 11) is -1.42. The Morgan fingerprint density at radius 3 is 2.48 bits per heavy atom. The van der Waals surface area contributed by atoms with Crippen molar-refractivity contribution in [2.75, 3.05) is 19.1 Å². The molecule has 6 heteroatoms. The van der Waals surface area contributed by atoms with Crippen molar-refractivity contribution < 1.29 is 13.2 Å². The van der Waals surface area contributed by atoms with Gasteiger partial charge in [0, 0.05) is 19.8 Å². The molecular formula is C15H24N2O3S. The van der Waals surface area contributed by atoms with E-state index in [9.17, 15) is 13.2 Å². The molecular weight excluding hydrogens is 288 g/mol. The van der Waals surface area contributed by atoms with Crippen LogP contribution in [0, 0.1) is 13.8 Å². The van der Waals surface area contributed by atoms with Gasteiger partial charge >= 0.3 is 0 Å². The van der Waals surface area contributed by atoms with E-state index >= 15 is 0 Å². The summed E-state index contributed by atoms with van der Waals surface area (Å²) >= 11 is 0. The van der Waals surface area contributed by atoms with Gasteiger partial charge in [-0.3, -0.25) is 4.79 Å². The van der Waals surface area contributed by atoms with E-state index in [0.717, 1.165) is 17.4 Å². The number of nitrogens with zero attached hydrogens (tertiary/aromatic N) is 1. The summed E-state index contributed by atoms with van der Waals surface area (Å²) < 4.78 is 22.2. The molecule has 0 radical (unpaired) electrons. The number of carbonyl (C=O) groups excluding carboxylic acids is 1. The van der Waals surface area contributed by atoms with Gasteiger partial charge in [0.15, 0.2) is 0 Å². The number of benzene rings is 1. The van der Waals surface area contributed by atoms with Gasteiger partial charge in [-0.15, -0.1) is 0 Å². The molecule has 0 saturated carbocycles. The number of hydrogen-bond acceptors (Lipinski definition) is 4. The Morgan fingerprint density at radius 1 is 1.33 bits per heavy atom. The van der Waals surface area contributed by atoms with Crippen molar-refractivity contribution in [1.82, 2.24) is 4.90 Å². The third-order valence-electron chi connectivity index (χ3n) is 3.40. The zero-order chi connectivity index (χ0) is 16.2. The summed E-state index contributed by atoms with van der Waals surface area (Å²) in [6.07, 6.45) is 1.29. The lowest BCUT2D eigenvalue weighted by Gasteiger charge is -2.22. The van der Waals surface area contributed by atoms with Gasteiger partial charge in [-0.25, -0.2) is 8.42 Å². The second-order valence-electron chi connectivity index (χ2n) is 5.65. The van der Waals surface area contributed by atoms with Crippen LogP contribution in [0.1, 0.15) is 23.1 Å². The van der Waals surface area contributed by atoms with E-state index in [2.05, 4.69) is 6.07 Å². The second kappa shape index (κ2) is 7.04. The van der Waals surface area contributed by atoms with Gasteiger partial charge in [0.25, 0.3) is 0 Å². The molecule has 1 rings (SSSR count). The first kappa shape index (κ1) is 17.7. The Hall–Kier alpha value is -1.40. The number of hydrogen-bond donors (Lipinski definition) is 1. The van der Waals surface area contributed by atoms with E-state index in [4.69, 9.17) is 5.73 Å². The maximum Gasteiger partial charge on any atom is 0.239 e. The van der Waals surface area contributed by atoms with Crippen LogP contribution in [0.5, 0.6) is 0 Å². The molecule has 1 aromatic rings. The van der Waals surface area contributed by atoms with Crippen molar-refractivity contribution >= 4 is 15.7 Å². The highest BCUT2D eigenvalue weighted by molar-refractivity contribution is 7.90. The maximum absolute atomic E-state index is 12.1. The lowest BCUT2D eigenvalue weighted by molar-refractivity contribution is -0.131. The number of carbonyl (C=O) groups is 1. The number of amides is 1. The van der Waals surface area contributed by atoms with Crippen molar-refractivity contribution in [2.45, 2.75) is 32.9 Å². The molecule has 0 heterocycles. The second-order valence-corrected chi connectivity index (χ2v) is 7.91. The summed E-state index contributed by atoms with van der Waals surface area (Å²) in [5.41, 5.74) is 9.15. The lowest BCUT2D eigenvalue weighted by atomic mass is 10.1. The van der Waals surface area contributed by atoms with E-state index in [1.54, 1.807) is 11.9 Å². The molecule has 0 spiro atoms. The predicted molar refractivity (Wildman–Crippen MR) is 84.7 cm³/mol.